The van der Waals surface area contributed by atoms with Crippen molar-refractivity contribution in [3.8, 4) is 0 Å². The molecule has 4 heteroatoms. The average Bonchev–Trinajstić information content (AvgIpc) is 2.18. The van der Waals surface area contributed by atoms with Crippen LogP contribution in [-0.4, -0.2) is 15.0 Å². The summed E-state index contributed by atoms with van der Waals surface area (Å²) in [7, 11) is -3.30. The molecule has 0 aliphatic heterocycles. The number of nitrogens with one attached hydrogen (secondary N) is 1. The summed E-state index contributed by atoms with van der Waals surface area (Å²) in [6.07, 6.45) is 0.723. The molecule has 0 saturated heterocycles. The predicted molar refractivity (Wildman–Crippen MR) is 56.7 cm³/mol. The minimum Gasteiger partial charge on any atom is -0.211 e. The number of hydrogen-bond donors (Lipinski definition) is 1. The van der Waals surface area contributed by atoms with Crippen molar-refractivity contribution in [2.45, 2.75) is 25.2 Å². The van der Waals surface area contributed by atoms with Crippen molar-refractivity contribution in [3.05, 3.63) is 29.8 Å². The van der Waals surface area contributed by atoms with Gasteiger partial charge in [0.25, 0.3) is 0 Å². The monoisotopic (exact) mass is 213 g/mol. The van der Waals surface area contributed by atoms with E-state index < -0.39 is 10.0 Å². The van der Waals surface area contributed by atoms with Gasteiger partial charge in [0.05, 0.1) is 4.90 Å². The van der Waals surface area contributed by atoms with Gasteiger partial charge in [0.2, 0.25) is 10.0 Å². The lowest BCUT2D eigenvalue weighted by Gasteiger charge is -2.08. The van der Waals surface area contributed by atoms with Crippen molar-refractivity contribution in [1.29, 1.82) is 0 Å². The molecule has 3 nitrogen and oxygen atoms in total. The van der Waals surface area contributed by atoms with Gasteiger partial charge in [0.1, 0.15) is 0 Å². The number of aryl methyl sites for hydroxylation is 1. The maximum atomic E-state index is 11.7. The Balaban J connectivity index is 3.18. The highest BCUT2D eigenvalue weighted by molar-refractivity contribution is 7.89. The van der Waals surface area contributed by atoms with E-state index in [9.17, 15) is 8.42 Å². The van der Waals surface area contributed by atoms with E-state index >= 15 is 0 Å². The molecule has 0 spiro atoms. The molecule has 0 fully saturated rings. The van der Waals surface area contributed by atoms with E-state index in [1.807, 2.05) is 19.1 Å². The van der Waals surface area contributed by atoms with Crippen LogP contribution in [0.15, 0.2) is 29.2 Å². The van der Waals surface area contributed by atoms with Crippen molar-refractivity contribution in [3.63, 3.8) is 0 Å². The summed E-state index contributed by atoms with van der Waals surface area (Å²) in [5, 5.41) is 0. The van der Waals surface area contributed by atoms with Crippen molar-refractivity contribution in [2.24, 2.45) is 0 Å². The minimum atomic E-state index is -3.30. The van der Waals surface area contributed by atoms with Crippen LogP contribution in [0, 0.1) is 0 Å². The number of benzene rings is 1. The van der Waals surface area contributed by atoms with E-state index in [0.717, 1.165) is 12.0 Å². The Morgan fingerprint density at radius 1 is 1.21 bits per heavy atom. The van der Waals surface area contributed by atoms with Gasteiger partial charge in [-0.05, 0) is 18.1 Å². The summed E-state index contributed by atoms with van der Waals surface area (Å²) in [4.78, 5) is 0.393. The number of hydrogen-bond acceptors (Lipinski definition) is 2. The van der Waals surface area contributed by atoms with E-state index in [4.69, 9.17) is 0 Å². The third-order valence-electron chi connectivity index (χ3n) is 1.98. The molecule has 0 radical (unpaired) electrons. The van der Waals surface area contributed by atoms with Crippen LogP contribution < -0.4 is 4.72 Å². The summed E-state index contributed by atoms with van der Waals surface area (Å²) in [6.45, 7) is 4.13. The van der Waals surface area contributed by atoms with E-state index in [2.05, 4.69) is 4.72 Å². The molecule has 0 saturated carbocycles. The van der Waals surface area contributed by atoms with Crippen LogP contribution in [0.25, 0.3) is 0 Å². The smallest absolute Gasteiger partial charge is 0.211 e. The normalized spacial score (nSPS) is 11.6. The van der Waals surface area contributed by atoms with Gasteiger partial charge in [-0.15, -0.1) is 0 Å². The van der Waals surface area contributed by atoms with Gasteiger partial charge < -0.3 is 0 Å². The van der Waals surface area contributed by atoms with Crippen LogP contribution in [0.3, 0.4) is 0 Å². The standard InChI is InChI=1S/C10H15NO2S/c1-3-9-7-5-6-8-10(9)14(12,13)11-4-2/h5-8,11H,3-4H2,1-2H3. The molecule has 0 aliphatic carbocycles. The zero-order chi connectivity index (χ0) is 10.6. The fourth-order valence-electron chi connectivity index (χ4n) is 1.33. The van der Waals surface area contributed by atoms with Crippen molar-refractivity contribution in [2.75, 3.05) is 6.54 Å². The highest BCUT2D eigenvalue weighted by atomic mass is 32.2. The second kappa shape index (κ2) is 4.57. The van der Waals surface area contributed by atoms with Crippen LogP contribution in [0.4, 0.5) is 0 Å². The molecule has 0 amide bonds. The molecule has 0 bridgehead atoms. The molecule has 1 aromatic rings. The second-order valence-electron chi connectivity index (χ2n) is 2.96. The molecule has 14 heavy (non-hydrogen) atoms. The van der Waals surface area contributed by atoms with Gasteiger partial charge >= 0.3 is 0 Å². The number of rotatable bonds is 4. The Morgan fingerprint density at radius 2 is 1.86 bits per heavy atom. The Bertz CT molecular complexity index is 398. The molecular weight excluding hydrogens is 198 g/mol. The molecule has 1 aromatic carbocycles. The quantitative estimate of drug-likeness (QED) is 0.824. The fourth-order valence-corrected chi connectivity index (χ4v) is 2.68. The summed E-state index contributed by atoms with van der Waals surface area (Å²) < 4.78 is 25.9. The van der Waals surface area contributed by atoms with Crippen LogP contribution in [0.5, 0.6) is 0 Å². The molecule has 0 unspecified atom stereocenters. The van der Waals surface area contributed by atoms with Gasteiger partial charge in [0.15, 0.2) is 0 Å². The highest BCUT2D eigenvalue weighted by Gasteiger charge is 2.15. The van der Waals surface area contributed by atoms with E-state index in [0.29, 0.717) is 11.4 Å². The molecule has 0 aliphatic rings. The maximum absolute atomic E-state index is 11.7. The Hall–Kier alpha value is -0.870. The zero-order valence-corrected chi connectivity index (χ0v) is 9.26. The summed E-state index contributed by atoms with van der Waals surface area (Å²) in [5.41, 5.74) is 0.855. The van der Waals surface area contributed by atoms with Gasteiger partial charge in [-0.2, -0.15) is 0 Å². The highest BCUT2D eigenvalue weighted by Crippen LogP contribution is 2.15. The van der Waals surface area contributed by atoms with Crippen molar-refractivity contribution in [1.82, 2.24) is 4.72 Å². The van der Waals surface area contributed by atoms with Gasteiger partial charge in [-0.3, -0.25) is 0 Å². The molecule has 0 aromatic heterocycles. The van der Waals surface area contributed by atoms with Crippen molar-refractivity contribution < 1.29 is 8.42 Å². The van der Waals surface area contributed by atoms with Gasteiger partial charge in [-0.25, -0.2) is 13.1 Å². The topological polar surface area (TPSA) is 46.2 Å². The second-order valence-corrected chi connectivity index (χ2v) is 4.70. The lowest BCUT2D eigenvalue weighted by Crippen LogP contribution is -2.24. The SMILES string of the molecule is CCNS(=O)(=O)c1ccccc1CC. The Morgan fingerprint density at radius 3 is 2.43 bits per heavy atom. The first-order chi connectivity index (χ1) is 6.61. The summed E-state index contributed by atoms with van der Waals surface area (Å²) in [6, 6.07) is 7.06. The Kier molecular flexibility index (Phi) is 3.66. The largest absolute Gasteiger partial charge is 0.240 e. The number of sulfonamides is 1. The van der Waals surface area contributed by atoms with Crippen LogP contribution in [-0.2, 0) is 16.4 Å². The third-order valence-corrected chi connectivity index (χ3v) is 3.62. The molecular formula is C10H15NO2S. The lowest BCUT2D eigenvalue weighted by atomic mass is 10.2. The van der Waals surface area contributed by atoms with Crippen LogP contribution in [0.1, 0.15) is 19.4 Å². The summed E-state index contributed by atoms with van der Waals surface area (Å²) >= 11 is 0. The van der Waals surface area contributed by atoms with Crippen molar-refractivity contribution >= 4 is 10.0 Å². The predicted octanol–water partition coefficient (Wildman–Crippen LogP) is 1.55. The third kappa shape index (κ3) is 2.33. The minimum absolute atomic E-state index is 0.393. The van der Waals surface area contributed by atoms with Gasteiger partial charge in [0, 0.05) is 6.54 Å². The molecule has 1 rings (SSSR count). The molecule has 1 N–H and O–H groups in total. The van der Waals surface area contributed by atoms with Crippen LogP contribution in [0.2, 0.25) is 0 Å². The van der Waals surface area contributed by atoms with Crippen LogP contribution >= 0.6 is 0 Å². The van der Waals surface area contributed by atoms with E-state index in [-0.39, 0.29) is 0 Å². The first kappa shape index (κ1) is 11.2. The maximum Gasteiger partial charge on any atom is 0.240 e. The first-order valence-electron chi connectivity index (χ1n) is 4.69. The molecule has 78 valence electrons. The molecule has 0 heterocycles. The van der Waals surface area contributed by atoms with E-state index in [1.165, 1.54) is 0 Å². The fraction of sp³-hybridized carbons (Fsp3) is 0.400. The molecule has 0 atom stereocenters. The summed E-state index contributed by atoms with van der Waals surface area (Å²) in [5.74, 6) is 0. The van der Waals surface area contributed by atoms with E-state index in [1.54, 1.807) is 19.1 Å². The van der Waals surface area contributed by atoms with Gasteiger partial charge in [-0.1, -0.05) is 32.0 Å². The zero-order valence-electron chi connectivity index (χ0n) is 8.45. The Labute approximate surface area is 85.2 Å². The lowest BCUT2D eigenvalue weighted by molar-refractivity contribution is 0.583. The average molecular weight is 213 g/mol. The first-order valence-corrected chi connectivity index (χ1v) is 6.17.